The minimum Gasteiger partial charge on any atom is -0.384 e. The number of anilines is 2. The van der Waals surface area contributed by atoms with Gasteiger partial charge in [0.2, 0.25) is 0 Å². The number of nitrogen functional groups attached to an aromatic ring is 1. The Bertz CT molecular complexity index is 414. The van der Waals surface area contributed by atoms with Crippen LogP contribution in [0, 0.1) is 5.41 Å². The molecule has 1 heterocycles. The SMILES string of the molecule is CCc1nc(N)cc(NC2CCCC(C)(C)C2)n1. The summed E-state index contributed by atoms with van der Waals surface area (Å²) in [6, 6.07) is 2.34. The lowest BCUT2D eigenvalue weighted by Crippen LogP contribution is -2.32. The lowest BCUT2D eigenvalue weighted by molar-refractivity contribution is 0.229. The lowest BCUT2D eigenvalue weighted by atomic mass is 9.75. The number of nitrogens with two attached hydrogens (primary N) is 1. The Morgan fingerprint density at radius 2 is 2.22 bits per heavy atom. The van der Waals surface area contributed by atoms with E-state index in [0.29, 0.717) is 17.3 Å². The third-order valence-electron chi connectivity index (χ3n) is 3.67. The predicted octanol–water partition coefficient (Wildman–Crippen LogP) is 3.00. The molecule has 0 spiro atoms. The maximum Gasteiger partial charge on any atom is 0.132 e. The summed E-state index contributed by atoms with van der Waals surface area (Å²) in [7, 11) is 0. The highest BCUT2D eigenvalue weighted by molar-refractivity contribution is 5.45. The van der Waals surface area contributed by atoms with Gasteiger partial charge >= 0.3 is 0 Å². The molecule has 1 unspecified atom stereocenters. The molecule has 100 valence electrons. The predicted molar refractivity (Wildman–Crippen MR) is 75.5 cm³/mol. The summed E-state index contributed by atoms with van der Waals surface area (Å²) in [4.78, 5) is 8.69. The van der Waals surface area contributed by atoms with Gasteiger partial charge in [0.05, 0.1) is 0 Å². The van der Waals surface area contributed by atoms with Gasteiger partial charge in [-0.2, -0.15) is 0 Å². The average molecular weight is 248 g/mol. The molecule has 3 N–H and O–H groups in total. The highest BCUT2D eigenvalue weighted by Crippen LogP contribution is 2.36. The molecule has 1 aromatic rings. The van der Waals surface area contributed by atoms with E-state index in [4.69, 9.17) is 5.73 Å². The molecule has 0 saturated heterocycles. The summed E-state index contributed by atoms with van der Waals surface area (Å²) in [6.07, 6.45) is 5.83. The standard InChI is InChI=1S/C14H24N4/c1-4-12-17-11(15)8-13(18-12)16-10-6-5-7-14(2,3)9-10/h8,10H,4-7,9H2,1-3H3,(H3,15,16,17,18). The second-order valence-corrected chi connectivity index (χ2v) is 6.05. The number of nitrogens with zero attached hydrogens (tertiary/aromatic N) is 2. The van der Waals surface area contributed by atoms with E-state index in [0.717, 1.165) is 18.1 Å². The molecule has 0 aliphatic heterocycles. The van der Waals surface area contributed by atoms with Gasteiger partial charge in [-0.05, 0) is 24.7 Å². The topological polar surface area (TPSA) is 63.8 Å². The zero-order chi connectivity index (χ0) is 13.2. The van der Waals surface area contributed by atoms with E-state index in [9.17, 15) is 0 Å². The Hall–Kier alpha value is -1.32. The number of hydrogen-bond donors (Lipinski definition) is 2. The first-order chi connectivity index (χ1) is 8.48. The highest BCUT2D eigenvalue weighted by atomic mass is 15.1. The fourth-order valence-electron chi connectivity index (χ4n) is 2.78. The molecule has 0 amide bonds. The van der Waals surface area contributed by atoms with Crippen LogP contribution in [0.5, 0.6) is 0 Å². The largest absolute Gasteiger partial charge is 0.384 e. The van der Waals surface area contributed by atoms with Crippen molar-refractivity contribution >= 4 is 11.6 Å². The fraction of sp³-hybridized carbons (Fsp3) is 0.714. The van der Waals surface area contributed by atoms with Gasteiger partial charge in [0, 0.05) is 18.5 Å². The molecular formula is C14H24N4. The van der Waals surface area contributed by atoms with Gasteiger partial charge in [-0.1, -0.05) is 27.2 Å². The second-order valence-electron chi connectivity index (χ2n) is 6.05. The van der Waals surface area contributed by atoms with E-state index < -0.39 is 0 Å². The molecule has 4 heteroatoms. The Balaban J connectivity index is 2.07. The monoisotopic (exact) mass is 248 g/mol. The molecule has 0 radical (unpaired) electrons. The molecular weight excluding hydrogens is 224 g/mol. The number of rotatable bonds is 3. The zero-order valence-electron chi connectivity index (χ0n) is 11.7. The van der Waals surface area contributed by atoms with Gasteiger partial charge in [-0.15, -0.1) is 0 Å². The van der Waals surface area contributed by atoms with Crippen LogP contribution in [-0.4, -0.2) is 16.0 Å². The van der Waals surface area contributed by atoms with Crippen molar-refractivity contribution in [2.45, 2.75) is 58.9 Å². The van der Waals surface area contributed by atoms with Crippen molar-refractivity contribution in [1.29, 1.82) is 0 Å². The molecule has 0 aromatic carbocycles. The van der Waals surface area contributed by atoms with E-state index in [-0.39, 0.29) is 0 Å². The van der Waals surface area contributed by atoms with Gasteiger partial charge in [0.25, 0.3) is 0 Å². The van der Waals surface area contributed by atoms with Crippen LogP contribution in [0.3, 0.4) is 0 Å². The second kappa shape index (κ2) is 5.12. The van der Waals surface area contributed by atoms with E-state index in [2.05, 4.69) is 29.1 Å². The van der Waals surface area contributed by atoms with Crippen LogP contribution in [0.2, 0.25) is 0 Å². The summed E-state index contributed by atoms with van der Waals surface area (Å²) in [6.45, 7) is 6.72. The van der Waals surface area contributed by atoms with Crippen LogP contribution < -0.4 is 11.1 Å². The van der Waals surface area contributed by atoms with Crippen molar-refractivity contribution in [2.75, 3.05) is 11.1 Å². The summed E-state index contributed by atoms with van der Waals surface area (Å²) in [5.74, 6) is 2.24. The molecule has 1 aliphatic carbocycles. The molecule has 1 saturated carbocycles. The molecule has 1 fully saturated rings. The van der Waals surface area contributed by atoms with Crippen LogP contribution in [-0.2, 0) is 6.42 Å². The average Bonchev–Trinajstić information content (AvgIpc) is 2.26. The van der Waals surface area contributed by atoms with Crippen molar-refractivity contribution in [2.24, 2.45) is 5.41 Å². The Kier molecular flexibility index (Phi) is 3.73. The van der Waals surface area contributed by atoms with Crippen molar-refractivity contribution < 1.29 is 0 Å². The number of aromatic nitrogens is 2. The minimum absolute atomic E-state index is 0.433. The van der Waals surface area contributed by atoms with Gasteiger partial charge < -0.3 is 11.1 Å². The van der Waals surface area contributed by atoms with Crippen LogP contribution in [0.15, 0.2) is 6.07 Å². The Morgan fingerprint density at radius 3 is 2.89 bits per heavy atom. The van der Waals surface area contributed by atoms with E-state index >= 15 is 0 Å². The Labute approximate surface area is 109 Å². The van der Waals surface area contributed by atoms with Crippen LogP contribution >= 0.6 is 0 Å². The summed E-state index contributed by atoms with van der Waals surface area (Å²) in [5, 5.41) is 3.52. The van der Waals surface area contributed by atoms with Gasteiger partial charge in [-0.25, -0.2) is 9.97 Å². The maximum atomic E-state index is 5.80. The van der Waals surface area contributed by atoms with Gasteiger partial charge in [0.15, 0.2) is 0 Å². The minimum atomic E-state index is 0.433. The highest BCUT2D eigenvalue weighted by Gasteiger charge is 2.28. The van der Waals surface area contributed by atoms with Gasteiger partial charge in [-0.3, -0.25) is 0 Å². The van der Waals surface area contributed by atoms with Crippen LogP contribution in [0.25, 0.3) is 0 Å². The third kappa shape index (κ3) is 3.34. The third-order valence-corrected chi connectivity index (χ3v) is 3.67. The fourth-order valence-corrected chi connectivity index (χ4v) is 2.78. The van der Waals surface area contributed by atoms with Crippen molar-refractivity contribution in [3.05, 3.63) is 11.9 Å². The first-order valence-electron chi connectivity index (χ1n) is 6.88. The molecule has 0 bridgehead atoms. The normalized spacial score (nSPS) is 22.7. The smallest absolute Gasteiger partial charge is 0.132 e. The molecule has 2 rings (SSSR count). The van der Waals surface area contributed by atoms with E-state index in [1.54, 1.807) is 0 Å². The van der Waals surface area contributed by atoms with Crippen LogP contribution in [0.1, 0.15) is 52.3 Å². The summed E-state index contributed by atoms with van der Waals surface area (Å²) in [5.41, 5.74) is 6.23. The van der Waals surface area contributed by atoms with E-state index in [1.165, 1.54) is 25.7 Å². The van der Waals surface area contributed by atoms with Gasteiger partial charge in [0.1, 0.15) is 17.5 Å². The number of aryl methyl sites for hydroxylation is 1. The quantitative estimate of drug-likeness (QED) is 0.863. The molecule has 1 atom stereocenters. The van der Waals surface area contributed by atoms with Crippen molar-refractivity contribution in [3.8, 4) is 0 Å². The maximum absolute atomic E-state index is 5.80. The van der Waals surface area contributed by atoms with Crippen molar-refractivity contribution in [1.82, 2.24) is 9.97 Å². The molecule has 18 heavy (non-hydrogen) atoms. The zero-order valence-corrected chi connectivity index (χ0v) is 11.7. The number of nitrogens with one attached hydrogen (secondary N) is 1. The number of hydrogen-bond acceptors (Lipinski definition) is 4. The van der Waals surface area contributed by atoms with Crippen LogP contribution in [0.4, 0.5) is 11.6 Å². The summed E-state index contributed by atoms with van der Waals surface area (Å²) < 4.78 is 0. The lowest BCUT2D eigenvalue weighted by Gasteiger charge is -2.35. The summed E-state index contributed by atoms with van der Waals surface area (Å²) >= 11 is 0. The molecule has 1 aromatic heterocycles. The first-order valence-corrected chi connectivity index (χ1v) is 6.88. The van der Waals surface area contributed by atoms with Crippen molar-refractivity contribution in [3.63, 3.8) is 0 Å². The molecule has 1 aliphatic rings. The van der Waals surface area contributed by atoms with E-state index in [1.807, 2.05) is 13.0 Å². The first kappa shape index (κ1) is 13.1. The molecule has 4 nitrogen and oxygen atoms in total. The Morgan fingerprint density at radius 1 is 1.44 bits per heavy atom.